The van der Waals surface area contributed by atoms with Crippen LogP contribution in [0, 0.1) is 0 Å². The van der Waals surface area contributed by atoms with E-state index in [0.717, 1.165) is 6.42 Å². The molecule has 0 aliphatic heterocycles. The van der Waals surface area contributed by atoms with Crippen LogP contribution in [0.3, 0.4) is 0 Å². The third-order valence-corrected chi connectivity index (χ3v) is 4.27. The number of anilines is 1. The van der Waals surface area contributed by atoms with Crippen LogP contribution in [0.5, 0.6) is 11.5 Å². The van der Waals surface area contributed by atoms with Gasteiger partial charge >= 0.3 is 17.8 Å². The van der Waals surface area contributed by atoms with Crippen LogP contribution in [0.1, 0.15) is 29.3 Å². The predicted octanol–water partition coefficient (Wildman–Crippen LogP) is 3.78. The first-order valence-electron chi connectivity index (χ1n) is 10.3. The largest absolute Gasteiger partial charge is 0.494 e. The Labute approximate surface area is 191 Å². The number of carbonyl (C=O) groups excluding carboxylic acids is 3. The van der Waals surface area contributed by atoms with E-state index in [-0.39, 0.29) is 0 Å². The second kappa shape index (κ2) is 11.8. The summed E-state index contributed by atoms with van der Waals surface area (Å²) in [4.78, 5) is 35.9. The van der Waals surface area contributed by atoms with Crippen LogP contribution in [-0.4, -0.2) is 30.6 Å². The fourth-order valence-corrected chi connectivity index (χ4v) is 2.62. The molecule has 8 nitrogen and oxygen atoms in total. The second-order valence-corrected chi connectivity index (χ2v) is 6.85. The summed E-state index contributed by atoms with van der Waals surface area (Å²) in [6.07, 6.45) is 2.27. The molecule has 0 aliphatic carbocycles. The first-order chi connectivity index (χ1) is 16.0. The third-order valence-electron chi connectivity index (χ3n) is 4.27. The molecular formula is C25H23N3O5. The first kappa shape index (κ1) is 23.2. The summed E-state index contributed by atoms with van der Waals surface area (Å²) >= 11 is 0. The molecule has 0 saturated heterocycles. The van der Waals surface area contributed by atoms with Gasteiger partial charge in [0, 0.05) is 5.69 Å². The Hall–Kier alpha value is -4.46. The molecule has 8 heteroatoms. The highest BCUT2D eigenvalue weighted by molar-refractivity contribution is 6.39. The number of hydrogen-bond acceptors (Lipinski definition) is 6. The van der Waals surface area contributed by atoms with Crippen molar-refractivity contribution in [1.29, 1.82) is 0 Å². The van der Waals surface area contributed by atoms with Crippen molar-refractivity contribution in [3.05, 3.63) is 90.0 Å². The Morgan fingerprint density at radius 3 is 2.18 bits per heavy atom. The maximum atomic E-state index is 12.3. The molecule has 2 amide bonds. The highest BCUT2D eigenvalue weighted by Crippen LogP contribution is 2.16. The molecule has 0 aromatic heterocycles. The fourth-order valence-electron chi connectivity index (χ4n) is 2.62. The van der Waals surface area contributed by atoms with Crippen LogP contribution in [-0.2, 0) is 9.59 Å². The first-order valence-corrected chi connectivity index (χ1v) is 10.3. The summed E-state index contributed by atoms with van der Waals surface area (Å²) in [6.45, 7) is 2.63. The molecule has 3 aromatic carbocycles. The lowest BCUT2D eigenvalue weighted by Gasteiger charge is -2.07. The van der Waals surface area contributed by atoms with Gasteiger partial charge in [-0.3, -0.25) is 9.59 Å². The lowest BCUT2D eigenvalue weighted by atomic mass is 10.2. The number of rotatable bonds is 8. The number of benzene rings is 3. The van der Waals surface area contributed by atoms with Gasteiger partial charge in [-0.2, -0.15) is 5.10 Å². The van der Waals surface area contributed by atoms with Gasteiger partial charge in [0.1, 0.15) is 11.5 Å². The second-order valence-electron chi connectivity index (χ2n) is 6.85. The van der Waals surface area contributed by atoms with E-state index in [2.05, 4.69) is 15.8 Å². The molecule has 0 radical (unpaired) electrons. The van der Waals surface area contributed by atoms with Crippen molar-refractivity contribution in [2.45, 2.75) is 13.3 Å². The van der Waals surface area contributed by atoms with Crippen LogP contribution in [0.15, 0.2) is 84.0 Å². The number of nitrogens with one attached hydrogen (secondary N) is 2. The highest BCUT2D eigenvalue weighted by Gasteiger charge is 2.12. The van der Waals surface area contributed by atoms with Crippen molar-refractivity contribution in [1.82, 2.24) is 5.43 Å². The monoisotopic (exact) mass is 445 g/mol. The topological polar surface area (TPSA) is 106 Å². The van der Waals surface area contributed by atoms with Gasteiger partial charge in [-0.1, -0.05) is 25.1 Å². The number of para-hydroxylation sites is 1. The number of esters is 1. The Bertz CT molecular complexity index is 1110. The van der Waals surface area contributed by atoms with Gasteiger partial charge in [0.2, 0.25) is 0 Å². The number of nitrogens with zero attached hydrogens (tertiary/aromatic N) is 1. The quantitative estimate of drug-likeness (QED) is 0.180. The zero-order valence-electron chi connectivity index (χ0n) is 18.0. The molecule has 2 N–H and O–H groups in total. The van der Waals surface area contributed by atoms with Crippen LogP contribution in [0.25, 0.3) is 0 Å². The summed E-state index contributed by atoms with van der Waals surface area (Å²) in [5.41, 5.74) is 3.71. The highest BCUT2D eigenvalue weighted by atomic mass is 16.5. The van der Waals surface area contributed by atoms with E-state index in [4.69, 9.17) is 9.47 Å². The molecule has 0 spiro atoms. The van der Waals surface area contributed by atoms with Crippen LogP contribution in [0.2, 0.25) is 0 Å². The number of hydrogen-bond donors (Lipinski definition) is 2. The Morgan fingerprint density at radius 1 is 0.848 bits per heavy atom. The minimum absolute atomic E-state index is 0.356. The van der Waals surface area contributed by atoms with E-state index in [0.29, 0.717) is 34.9 Å². The Balaban J connectivity index is 1.48. The Morgan fingerprint density at radius 2 is 1.52 bits per heavy atom. The summed E-state index contributed by atoms with van der Waals surface area (Å²) < 4.78 is 10.9. The molecule has 0 atom stereocenters. The molecule has 0 saturated carbocycles. The SMILES string of the molecule is CCCOc1ccc(C(=O)Oc2ccc(C=NNC(=O)C(=O)Nc3ccccc3)cc2)cc1. The molecule has 0 fully saturated rings. The minimum atomic E-state index is -0.897. The summed E-state index contributed by atoms with van der Waals surface area (Å²) in [5, 5.41) is 6.23. The van der Waals surface area contributed by atoms with E-state index < -0.39 is 17.8 Å². The van der Waals surface area contributed by atoms with Crippen molar-refractivity contribution in [3.8, 4) is 11.5 Å². The van der Waals surface area contributed by atoms with Gasteiger partial charge in [-0.25, -0.2) is 10.2 Å². The van der Waals surface area contributed by atoms with E-state index in [1.807, 2.05) is 6.92 Å². The van der Waals surface area contributed by atoms with E-state index in [1.165, 1.54) is 6.21 Å². The zero-order chi connectivity index (χ0) is 23.5. The van der Waals surface area contributed by atoms with E-state index >= 15 is 0 Å². The normalized spacial score (nSPS) is 10.5. The maximum Gasteiger partial charge on any atom is 0.343 e. The molecule has 3 aromatic rings. The van der Waals surface area contributed by atoms with E-state index in [9.17, 15) is 14.4 Å². The van der Waals surface area contributed by atoms with Crippen molar-refractivity contribution in [2.24, 2.45) is 5.10 Å². The number of carbonyl (C=O) groups is 3. The molecule has 3 rings (SSSR count). The average molecular weight is 445 g/mol. The predicted molar refractivity (Wildman–Crippen MR) is 124 cm³/mol. The third kappa shape index (κ3) is 7.32. The van der Waals surface area contributed by atoms with Crippen molar-refractivity contribution in [2.75, 3.05) is 11.9 Å². The van der Waals surface area contributed by atoms with Gasteiger partial charge < -0.3 is 14.8 Å². The molecule has 168 valence electrons. The fraction of sp³-hybridized carbons (Fsp3) is 0.120. The smallest absolute Gasteiger partial charge is 0.343 e. The molecule has 0 unspecified atom stereocenters. The number of amides is 2. The lowest BCUT2D eigenvalue weighted by molar-refractivity contribution is -0.136. The molecule has 0 heterocycles. The maximum absolute atomic E-state index is 12.3. The standard InChI is InChI=1S/C25H23N3O5/c1-2-16-32-21-14-10-19(11-15-21)25(31)33-22-12-8-18(9-13-22)17-26-28-24(30)23(29)27-20-6-4-3-5-7-20/h3-15,17H,2,16H2,1H3,(H,27,29)(H,28,30). The number of ether oxygens (including phenoxy) is 2. The minimum Gasteiger partial charge on any atom is -0.494 e. The Kier molecular flexibility index (Phi) is 8.30. The van der Waals surface area contributed by atoms with Gasteiger partial charge in [-0.15, -0.1) is 0 Å². The van der Waals surface area contributed by atoms with Gasteiger partial charge in [0.25, 0.3) is 0 Å². The average Bonchev–Trinajstić information content (AvgIpc) is 2.84. The van der Waals surface area contributed by atoms with Crippen molar-refractivity contribution < 1.29 is 23.9 Å². The summed E-state index contributed by atoms with van der Waals surface area (Å²) in [6, 6.07) is 21.9. The number of hydrazone groups is 1. The van der Waals surface area contributed by atoms with Crippen LogP contribution >= 0.6 is 0 Å². The van der Waals surface area contributed by atoms with Crippen LogP contribution < -0.4 is 20.2 Å². The van der Waals surface area contributed by atoms with Crippen LogP contribution in [0.4, 0.5) is 5.69 Å². The molecular weight excluding hydrogens is 422 g/mol. The molecule has 33 heavy (non-hydrogen) atoms. The van der Waals surface area contributed by atoms with E-state index in [1.54, 1.807) is 78.9 Å². The van der Waals surface area contributed by atoms with Gasteiger partial charge in [-0.05, 0) is 72.6 Å². The van der Waals surface area contributed by atoms with Crippen molar-refractivity contribution in [3.63, 3.8) is 0 Å². The summed E-state index contributed by atoms with van der Waals surface area (Å²) in [5.74, 6) is -1.16. The van der Waals surface area contributed by atoms with Gasteiger partial charge in [0.05, 0.1) is 18.4 Å². The molecule has 0 aliphatic rings. The summed E-state index contributed by atoms with van der Waals surface area (Å²) in [7, 11) is 0. The van der Waals surface area contributed by atoms with Crippen molar-refractivity contribution >= 4 is 29.7 Å². The lowest BCUT2D eigenvalue weighted by Crippen LogP contribution is -2.32. The van der Waals surface area contributed by atoms with Gasteiger partial charge in [0.15, 0.2) is 0 Å². The zero-order valence-corrected chi connectivity index (χ0v) is 18.0. The molecule has 0 bridgehead atoms.